The molecule has 8 heteroatoms. The lowest BCUT2D eigenvalue weighted by Gasteiger charge is -2.37. The number of hydrogen-bond acceptors (Lipinski definition) is 7. The van der Waals surface area contributed by atoms with Crippen molar-refractivity contribution in [2.75, 3.05) is 13.2 Å². The van der Waals surface area contributed by atoms with Gasteiger partial charge in [-0.15, -0.1) is 17.8 Å². The zero-order valence-corrected chi connectivity index (χ0v) is 20.8. The number of nitrogens with one attached hydrogen (secondary N) is 1. The fraction of sp³-hybridized carbons (Fsp3) is 0.464. The van der Waals surface area contributed by atoms with Crippen molar-refractivity contribution >= 4 is 34.0 Å². The number of furan rings is 1. The number of carbonyl (C=O) groups is 2. The van der Waals surface area contributed by atoms with E-state index in [1.165, 1.54) is 11.3 Å². The fourth-order valence-corrected chi connectivity index (χ4v) is 6.15. The molecule has 3 heterocycles. The maximum absolute atomic E-state index is 13.4. The number of amides is 1. The minimum atomic E-state index is -1.01. The van der Waals surface area contributed by atoms with Crippen LogP contribution in [0, 0.1) is 17.8 Å². The molecule has 1 aliphatic heterocycles. The van der Waals surface area contributed by atoms with Crippen molar-refractivity contribution in [1.82, 2.24) is 10.3 Å². The lowest BCUT2D eigenvalue weighted by Crippen LogP contribution is -2.56. The highest BCUT2D eigenvalue weighted by Crippen LogP contribution is 2.49. The van der Waals surface area contributed by atoms with Gasteiger partial charge in [0.2, 0.25) is 0 Å². The largest absolute Gasteiger partial charge is 0.451 e. The van der Waals surface area contributed by atoms with Crippen LogP contribution in [-0.4, -0.2) is 40.5 Å². The Morgan fingerprint density at radius 3 is 2.58 bits per heavy atom. The molecule has 2 N–H and O–H groups in total. The van der Waals surface area contributed by atoms with Gasteiger partial charge in [0.1, 0.15) is 10.6 Å². The number of rotatable bonds is 7. The van der Waals surface area contributed by atoms with E-state index in [1.807, 2.05) is 23.6 Å². The van der Waals surface area contributed by atoms with Crippen LogP contribution in [0.2, 0.25) is 0 Å². The van der Waals surface area contributed by atoms with Gasteiger partial charge in [-0.05, 0) is 37.8 Å². The van der Waals surface area contributed by atoms with Crippen molar-refractivity contribution in [3.8, 4) is 23.6 Å². The molecule has 36 heavy (non-hydrogen) atoms. The molecular formula is C28H28N2O5S. The molecule has 2 aliphatic carbocycles. The second-order valence-electron chi connectivity index (χ2n) is 10.5. The Bertz CT molecular complexity index is 1380. The van der Waals surface area contributed by atoms with Gasteiger partial charge in [0.15, 0.2) is 17.1 Å². The van der Waals surface area contributed by atoms with Gasteiger partial charge in [-0.1, -0.05) is 37.3 Å². The first-order valence-corrected chi connectivity index (χ1v) is 13.4. The molecule has 0 bridgehead atoms. The molecule has 7 nitrogen and oxygen atoms in total. The molecule has 0 radical (unpaired) electrons. The van der Waals surface area contributed by atoms with Gasteiger partial charge in [-0.3, -0.25) is 9.59 Å². The summed E-state index contributed by atoms with van der Waals surface area (Å²) in [6, 6.07) is 7.36. The highest BCUT2D eigenvalue weighted by Gasteiger charge is 2.49. The van der Waals surface area contributed by atoms with Crippen LogP contribution >= 0.6 is 11.3 Å². The number of fused-ring (bicyclic) bond motifs is 1. The van der Waals surface area contributed by atoms with Crippen LogP contribution in [0.1, 0.15) is 66.9 Å². The van der Waals surface area contributed by atoms with Gasteiger partial charge in [0, 0.05) is 28.2 Å². The lowest BCUT2D eigenvalue weighted by molar-refractivity contribution is -0.184. The Hall–Kier alpha value is -2.99. The van der Waals surface area contributed by atoms with E-state index in [-0.39, 0.29) is 36.1 Å². The molecule has 2 aromatic heterocycles. The van der Waals surface area contributed by atoms with E-state index in [0.29, 0.717) is 29.9 Å². The summed E-state index contributed by atoms with van der Waals surface area (Å²) in [6.07, 6.45) is 11.9. The van der Waals surface area contributed by atoms with Crippen LogP contribution in [0.4, 0.5) is 0 Å². The second kappa shape index (κ2) is 8.55. The molecule has 1 saturated heterocycles. The van der Waals surface area contributed by atoms with Crippen molar-refractivity contribution in [3.63, 3.8) is 0 Å². The highest BCUT2D eigenvalue weighted by atomic mass is 32.1. The summed E-state index contributed by atoms with van der Waals surface area (Å²) in [5.41, 5.74) is -0.0829. The van der Waals surface area contributed by atoms with E-state index in [1.54, 1.807) is 6.07 Å². The van der Waals surface area contributed by atoms with E-state index in [2.05, 4.69) is 16.2 Å². The van der Waals surface area contributed by atoms with Crippen molar-refractivity contribution in [2.24, 2.45) is 5.41 Å². The van der Waals surface area contributed by atoms with Crippen LogP contribution in [0.25, 0.3) is 22.2 Å². The molecule has 6 rings (SSSR count). The monoisotopic (exact) mass is 504 g/mol. The summed E-state index contributed by atoms with van der Waals surface area (Å²) in [6.45, 7) is 0.507. The van der Waals surface area contributed by atoms with E-state index in [9.17, 15) is 14.7 Å². The molecule has 3 aliphatic rings. The van der Waals surface area contributed by atoms with E-state index in [4.69, 9.17) is 15.6 Å². The molecule has 0 spiro atoms. The summed E-state index contributed by atoms with van der Waals surface area (Å²) >= 11 is 1.39. The van der Waals surface area contributed by atoms with E-state index >= 15 is 0 Å². The lowest BCUT2D eigenvalue weighted by atomic mass is 9.75. The molecule has 1 aromatic carbocycles. The number of benzene rings is 1. The smallest absolute Gasteiger partial charge is 0.287 e. The molecule has 2 saturated carbocycles. The van der Waals surface area contributed by atoms with E-state index in [0.717, 1.165) is 48.7 Å². The molecule has 1 amide bonds. The third-order valence-corrected chi connectivity index (χ3v) is 8.91. The Balaban J connectivity index is 1.23. The number of aromatic nitrogens is 1. The van der Waals surface area contributed by atoms with Gasteiger partial charge in [-0.2, -0.15) is 0 Å². The number of Topliss-reactive ketones (excluding diaryl/α,β-unsaturated/α-hetero) is 1. The minimum absolute atomic E-state index is 0.0438. The standard InChI is InChI=1S/C28H28N2O5S/c1-2-26(10-11-26)14-23(31)27(8-4-3-5-9-27)30-24(32)22-13-19-7-6-18(12-21(19)35-22)20-15-36-25(29-20)28(33)16-34-17-28/h1,6-7,12-13,15,33H,3-5,8-11,14,16-17H2,(H,30,32). The third-order valence-electron chi connectivity index (χ3n) is 7.88. The van der Waals surface area contributed by atoms with Crippen LogP contribution in [-0.2, 0) is 15.1 Å². The predicted octanol–water partition coefficient (Wildman–Crippen LogP) is 4.58. The summed E-state index contributed by atoms with van der Waals surface area (Å²) in [5, 5.41) is 16.9. The molecule has 186 valence electrons. The highest BCUT2D eigenvalue weighted by molar-refractivity contribution is 7.10. The average Bonchev–Trinajstić information content (AvgIpc) is 3.27. The third kappa shape index (κ3) is 4.05. The number of ketones is 1. The van der Waals surface area contributed by atoms with Crippen LogP contribution < -0.4 is 5.32 Å². The first-order valence-electron chi connectivity index (χ1n) is 12.5. The molecule has 0 unspecified atom stereocenters. The molecule has 0 atom stereocenters. The van der Waals surface area contributed by atoms with Gasteiger partial charge in [0.25, 0.3) is 5.91 Å². The van der Waals surface area contributed by atoms with Crippen molar-refractivity contribution in [3.05, 3.63) is 40.4 Å². The molecular weight excluding hydrogens is 476 g/mol. The van der Waals surface area contributed by atoms with Crippen LogP contribution in [0.5, 0.6) is 0 Å². The fourth-order valence-electron chi connectivity index (χ4n) is 5.25. The summed E-state index contributed by atoms with van der Waals surface area (Å²) in [7, 11) is 0. The van der Waals surface area contributed by atoms with Crippen molar-refractivity contribution < 1.29 is 23.8 Å². The Kier molecular flexibility index (Phi) is 5.56. The van der Waals surface area contributed by atoms with Crippen LogP contribution in [0.15, 0.2) is 34.1 Å². The number of aliphatic hydroxyl groups is 1. The zero-order chi connectivity index (χ0) is 25.0. The average molecular weight is 505 g/mol. The van der Waals surface area contributed by atoms with Gasteiger partial charge >= 0.3 is 0 Å². The number of carbonyl (C=O) groups excluding carboxylic acids is 2. The number of terminal acetylenes is 1. The summed E-state index contributed by atoms with van der Waals surface area (Å²) < 4.78 is 11.1. The van der Waals surface area contributed by atoms with Crippen LogP contribution in [0.3, 0.4) is 0 Å². The topological polar surface area (TPSA) is 102 Å². The zero-order valence-electron chi connectivity index (χ0n) is 20.0. The SMILES string of the molecule is C#CC1(CC(=O)C2(NC(=O)c3cc4ccc(-c5csc(C6(O)COC6)n5)cc4o3)CCCCC2)CC1. The number of nitrogens with zero attached hydrogens (tertiary/aromatic N) is 1. The van der Waals surface area contributed by atoms with Gasteiger partial charge in [0.05, 0.1) is 24.4 Å². The van der Waals surface area contributed by atoms with E-state index < -0.39 is 11.1 Å². The Labute approximate surface area is 213 Å². The van der Waals surface area contributed by atoms with Gasteiger partial charge < -0.3 is 19.6 Å². The summed E-state index contributed by atoms with van der Waals surface area (Å²) in [5.74, 6) is 2.65. The minimum Gasteiger partial charge on any atom is -0.451 e. The second-order valence-corrected chi connectivity index (χ2v) is 11.4. The quantitative estimate of drug-likeness (QED) is 0.457. The molecule has 3 fully saturated rings. The normalized spacial score (nSPS) is 21.3. The number of hydrogen-bond donors (Lipinski definition) is 2. The summed E-state index contributed by atoms with van der Waals surface area (Å²) in [4.78, 5) is 31.3. The maximum Gasteiger partial charge on any atom is 0.287 e. The van der Waals surface area contributed by atoms with Crippen molar-refractivity contribution in [1.29, 1.82) is 0 Å². The Morgan fingerprint density at radius 1 is 1.14 bits per heavy atom. The number of thiazole rings is 1. The predicted molar refractivity (Wildman–Crippen MR) is 135 cm³/mol. The first-order chi connectivity index (χ1) is 17.3. The molecule has 3 aromatic rings. The first kappa shape index (κ1) is 23.4. The Morgan fingerprint density at radius 2 is 1.92 bits per heavy atom. The van der Waals surface area contributed by atoms with Crippen molar-refractivity contribution in [2.45, 2.75) is 62.5 Å². The number of ether oxygens (including phenoxy) is 1. The maximum atomic E-state index is 13.4. The van der Waals surface area contributed by atoms with Gasteiger partial charge in [-0.25, -0.2) is 4.98 Å².